The molecule has 8 heteroatoms. The van der Waals surface area contributed by atoms with Gasteiger partial charge in [-0.15, -0.1) is 10.2 Å². The standard InChI is InChI=1S/C17H20N4O3S/c1-11(15(18)23)24-14(22)10-25-17-20-19-16(13-7-8-13)21(17)9-12-5-3-2-4-6-12/h2-6,11,13H,7-10H2,1H3,(H2,18,23)/t11-/m1/s1. The maximum atomic E-state index is 11.8. The van der Waals surface area contributed by atoms with Crippen LogP contribution in [0, 0.1) is 0 Å². The Labute approximate surface area is 149 Å². The molecule has 1 heterocycles. The maximum absolute atomic E-state index is 11.8. The Kier molecular flexibility index (Phi) is 5.37. The third kappa shape index (κ3) is 4.60. The average molecular weight is 360 g/mol. The van der Waals surface area contributed by atoms with E-state index in [1.807, 2.05) is 30.3 Å². The highest BCUT2D eigenvalue weighted by Gasteiger charge is 2.30. The Morgan fingerprint density at radius 2 is 2.04 bits per heavy atom. The van der Waals surface area contributed by atoms with E-state index in [9.17, 15) is 9.59 Å². The number of esters is 1. The minimum absolute atomic E-state index is 0.0508. The van der Waals surface area contributed by atoms with Crippen molar-refractivity contribution in [2.75, 3.05) is 5.75 Å². The highest BCUT2D eigenvalue weighted by Crippen LogP contribution is 2.40. The highest BCUT2D eigenvalue weighted by atomic mass is 32.2. The fourth-order valence-electron chi connectivity index (χ4n) is 2.38. The van der Waals surface area contributed by atoms with E-state index < -0.39 is 18.0 Å². The molecule has 1 fully saturated rings. The van der Waals surface area contributed by atoms with Crippen LogP contribution in [0.2, 0.25) is 0 Å². The van der Waals surface area contributed by atoms with E-state index >= 15 is 0 Å². The SMILES string of the molecule is C[C@@H](OC(=O)CSc1nnc(C2CC2)n1Cc1ccccc1)C(N)=O. The minimum Gasteiger partial charge on any atom is -0.452 e. The molecule has 1 atom stereocenters. The molecule has 0 aliphatic heterocycles. The number of primary amides is 1. The predicted molar refractivity (Wildman–Crippen MR) is 93.0 cm³/mol. The number of benzene rings is 1. The number of hydrogen-bond acceptors (Lipinski definition) is 6. The largest absolute Gasteiger partial charge is 0.452 e. The summed E-state index contributed by atoms with van der Waals surface area (Å²) < 4.78 is 7.02. The average Bonchev–Trinajstić information content (AvgIpc) is 3.36. The summed E-state index contributed by atoms with van der Waals surface area (Å²) in [5.74, 6) is 0.299. The molecule has 3 rings (SSSR count). The van der Waals surface area contributed by atoms with Gasteiger partial charge in [-0.25, -0.2) is 0 Å². The van der Waals surface area contributed by atoms with E-state index in [-0.39, 0.29) is 5.75 Å². The highest BCUT2D eigenvalue weighted by molar-refractivity contribution is 7.99. The molecule has 1 aliphatic carbocycles. The van der Waals surface area contributed by atoms with Crippen LogP contribution < -0.4 is 5.73 Å². The fourth-order valence-corrected chi connectivity index (χ4v) is 3.11. The summed E-state index contributed by atoms with van der Waals surface area (Å²) in [7, 11) is 0. The van der Waals surface area contributed by atoms with Gasteiger partial charge in [-0.05, 0) is 25.3 Å². The molecule has 1 amide bonds. The number of amides is 1. The first-order valence-corrected chi connectivity index (χ1v) is 9.11. The molecule has 0 unspecified atom stereocenters. The molecule has 0 spiro atoms. The second-order valence-electron chi connectivity index (χ2n) is 6.01. The van der Waals surface area contributed by atoms with Gasteiger partial charge in [0.2, 0.25) is 0 Å². The van der Waals surface area contributed by atoms with Crippen LogP contribution in [0.25, 0.3) is 0 Å². The van der Waals surface area contributed by atoms with Crippen LogP contribution in [-0.2, 0) is 20.9 Å². The molecular weight excluding hydrogens is 340 g/mol. The summed E-state index contributed by atoms with van der Waals surface area (Å²) in [5, 5.41) is 9.22. The van der Waals surface area contributed by atoms with Gasteiger partial charge in [-0.3, -0.25) is 9.59 Å². The van der Waals surface area contributed by atoms with Crippen molar-refractivity contribution in [3.8, 4) is 0 Å². The normalized spacial score (nSPS) is 14.9. The van der Waals surface area contributed by atoms with Crippen LogP contribution >= 0.6 is 11.8 Å². The predicted octanol–water partition coefficient (Wildman–Crippen LogP) is 1.71. The third-order valence-electron chi connectivity index (χ3n) is 3.90. The number of carbonyl (C=O) groups excluding carboxylic acids is 2. The first kappa shape index (κ1) is 17.5. The number of hydrogen-bond donors (Lipinski definition) is 1. The third-order valence-corrected chi connectivity index (χ3v) is 4.84. The molecule has 1 aromatic carbocycles. The number of aromatic nitrogens is 3. The van der Waals surface area contributed by atoms with Gasteiger partial charge >= 0.3 is 5.97 Å². The van der Waals surface area contributed by atoms with Crippen molar-refractivity contribution in [2.45, 2.75) is 43.5 Å². The van der Waals surface area contributed by atoms with Crippen molar-refractivity contribution < 1.29 is 14.3 Å². The van der Waals surface area contributed by atoms with Gasteiger partial charge in [0.25, 0.3) is 5.91 Å². The fraction of sp³-hybridized carbons (Fsp3) is 0.412. The van der Waals surface area contributed by atoms with Crippen LogP contribution in [-0.4, -0.2) is 38.5 Å². The van der Waals surface area contributed by atoms with E-state index in [2.05, 4.69) is 14.8 Å². The van der Waals surface area contributed by atoms with E-state index in [1.165, 1.54) is 18.7 Å². The summed E-state index contributed by atoms with van der Waals surface area (Å²) in [4.78, 5) is 22.8. The molecule has 0 bridgehead atoms. The summed E-state index contributed by atoms with van der Waals surface area (Å²) in [6, 6.07) is 10.1. The summed E-state index contributed by atoms with van der Waals surface area (Å²) in [6.07, 6.45) is 1.31. The number of nitrogens with two attached hydrogens (primary N) is 1. The zero-order valence-electron chi connectivity index (χ0n) is 13.9. The van der Waals surface area contributed by atoms with E-state index in [4.69, 9.17) is 10.5 Å². The Balaban J connectivity index is 1.69. The molecule has 25 heavy (non-hydrogen) atoms. The van der Waals surface area contributed by atoms with Crippen molar-refractivity contribution in [1.29, 1.82) is 0 Å². The van der Waals surface area contributed by atoms with Crippen molar-refractivity contribution in [1.82, 2.24) is 14.8 Å². The van der Waals surface area contributed by atoms with Crippen molar-refractivity contribution in [3.05, 3.63) is 41.7 Å². The molecule has 132 valence electrons. The van der Waals surface area contributed by atoms with Crippen LogP contribution in [0.15, 0.2) is 35.5 Å². The Morgan fingerprint density at radius 3 is 2.68 bits per heavy atom. The van der Waals surface area contributed by atoms with Gasteiger partial charge in [0.1, 0.15) is 5.82 Å². The zero-order valence-corrected chi connectivity index (χ0v) is 14.7. The Morgan fingerprint density at radius 1 is 1.32 bits per heavy atom. The molecule has 2 N–H and O–H groups in total. The van der Waals surface area contributed by atoms with Gasteiger partial charge in [0.15, 0.2) is 11.3 Å². The van der Waals surface area contributed by atoms with Gasteiger partial charge in [0, 0.05) is 5.92 Å². The summed E-state index contributed by atoms with van der Waals surface area (Å²) in [5.41, 5.74) is 6.24. The topological polar surface area (TPSA) is 100 Å². The van der Waals surface area contributed by atoms with E-state index in [0.717, 1.165) is 24.2 Å². The lowest BCUT2D eigenvalue weighted by Gasteiger charge is -2.11. The summed E-state index contributed by atoms with van der Waals surface area (Å²) >= 11 is 1.26. The number of thioether (sulfide) groups is 1. The first-order chi connectivity index (χ1) is 12.0. The Hall–Kier alpha value is -2.35. The van der Waals surface area contributed by atoms with Gasteiger partial charge in [-0.1, -0.05) is 42.1 Å². The molecule has 7 nitrogen and oxygen atoms in total. The van der Waals surface area contributed by atoms with Crippen molar-refractivity contribution in [3.63, 3.8) is 0 Å². The smallest absolute Gasteiger partial charge is 0.317 e. The van der Waals surface area contributed by atoms with E-state index in [1.54, 1.807) is 0 Å². The lowest BCUT2D eigenvalue weighted by Crippen LogP contribution is -2.31. The van der Waals surface area contributed by atoms with Crippen LogP contribution in [0.4, 0.5) is 0 Å². The lowest BCUT2D eigenvalue weighted by atomic mass is 10.2. The lowest BCUT2D eigenvalue weighted by molar-refractivity contribution is -0.151. The molecule has 2 aromatic rings. The van der Waals surface area contributed by atoms with Gasteiger partial charge in [-0.2, -0.15) is 0 Å². The van der Waals surface area contributed by atoms with Crippen LogP contribution in [0.5, 0.6) is 0 Å². The van der Waals surface area contributed by atoms with Gasteiger partial charge < -0.3 is 15.0 Å². The van der Waals surface area contributed by atoms with Gasteiger partial charge in [0.05, 0.1) is 12.3 Å². The molecule has 1 saturated carbocycles. The summed E-state index contributed by atoms with van der Waals surface area (Å²) in [6.45, 7) is 2.11. The number of ether oxygens (including phenoxy) is 1. The maximum Gasteiger partial charge on any atom is 0.317 e. The van der Waals surface area contributed by atoms with Crippen LogP contribution in [0.1, 0.15) is 37.1 Å². The second kappa shape index (κ2) is 7.69. The molecule has 1 aliphatic rings. The molecule has 0 radical (unpaired) electrons. The molecule has 0 saturated heterocycles. The quantitative estimate of drug-likeness (QED) is 0.568. The first-order valence-electron chi connectivity index (χ1n) is 8.13. The number of nitrogens with zero attached hydrogens (tertiary/aromatic N) is 3. The van der Waals surface area contributed by atoms with E-state index in [0.29, 0.717) is 17.6 Å². The molecular formula is C17H20N4O3S. The monoisotopic (exact) mass is 360 g/mol. The zero-order chi connectivity index (χ0) is 17.8. The number of rotatable bonds is 8. The van der Waals surface area contributed by atoms with Crippen molar-refractivity contribution in [2.24, 2.45) is 5.73 Å². The number of carbonyl (C=O) groups is 2. The van der Waals surface area contributed by atoms with Crippen molar-refractivity contribution >= 4 is 23.6 Å². The van der Waals surface area contributed by atoms with Crippen LogP contribution in [0.3, 0.4) is 0 Å². The second-order valence-corrected chi connectivity index (χ2v) is 6.95. The molecule has 1 aromatic heterocycles. The minimum atomic E-state index is -0.933. The Bertz CT molecular complexity index is 759.